The van der Waals surface area contributed by atoms with Gasteiger partial charge in [0.05, 0.1) is 5.39 Å². The molecule has 7 heteroatoms. The van der Waals surface area contributed by atoms with Gasteiger partial charge < -0.3 is 9.26 Å². The molecule has 0 amide bonds. The number of nitriles is 1. The van der Waals surface area contributed by atoms with E-state index in [0.29, 0.717) is 54.0 Å². The number of nitrogens with zero attached hydrogens (tertiary/aromatic N) is 2. The van der Waals surface area contributed by atoms with Crippen LogP contribution in [-0.4, -0.2) is 5.16 Å². The largest absolute Gasteiger partial charge is 0.470 e. The van der Waals surface area contributed by atoms with Gasteiger partial charge in [0.15, 0.2) is 11.3 Å². The summed E-state index contributed by atoms with van der Waals surface area (Å²) in [6.07, 6.45) is -2.24. The molecule has 0 saturated carbocycles. The second kappa shape index (κ2) is 10.3. The molecule has 1 aromatic heterocycles. The second-order valence-electron chi connectivity index (χ2n) is 8.72. The number of alkyl halides is 3. The molecule has 0 radical (unpaired) electrons. The summed E-state index contributed by atoms with van der Waals surface area (Å²) in [5, 5.41) is 13.1. The third kappa shape index (κ3) is 5.50. The van der Waals surface area contributed by atoms with Crippen molar-refractivity contribution < 1.29 is 22.4 Å². The molecule has 2 aromatic carbocycles. The molecule has 3 aromatic rings. The van der Waals surface area contributed by atoms with Crippen molar-refractivity contribution in [2.45, 2.75) is 72.1 Å². The van der Waals surface area contributed by atoms with Crippen LogP contribution >= 0.6 is 0 Å². The van der Waals surface area contributed by atoms with Crippen LogP contribution in [0.15, 0.2) is 34.9 Å². The van der Waals surface area contributed by atoms with Gasteiger partial charge in [-0.1, -0.05) is 70.0 Å². The van der Waals surface area contributed by atoms with Crippen molar-refractivity contribution >= 4 is 11.0 Å². The predicted molar refractivity (Wildman–Crippen MR) is 121 cm³/mol. The Balaban J connectivity index is 2.09. The van der Waals surface area contributed by atoms with Gasteiger partial charge in [0.2, 0.25) is 6.10 Å². The lowest BCUT2D eigenvalue weighted by molar-refractivity contribution is -0.141. The Morgan fingerprint density at radius 1 is 1.09 bits per heavy atom. The van der Waals surface area contributed by atoms with E-state index in [2.05, 4.69) is 25.1 Å². The fraction of sp³-hybridized carbons (Fsp3) is 0.462. The average Bonchev–Trinajstić information content (AvgIpc) is 3.18. The van der Waals surface area contributed by atoms with Crippen molar-refractivity contribution in [2.24, 2.45) is 5.92 Å². The van der Waals surface area contributed by atoms with Gasteiger partial charge in [-0.25, -0.2) is 0 Å². The minimum absolute atomic E-state index is 0.0618. The minimum atomic E-state index is -4.62. The van der Waals surface area contributed by atoms with Crippen molar-refractivity contribution in [3.8, 4) is 11.8 Å². The highest BCUT2D eigenvalue weighted by molar-refractivity contribution is 5.86. The Morgan fingerprint density at radius 2 is 1.76 bits per heavy atom. The number of fused-ring (bicyclic) bond motifs is 1. The first kappa shape index (κ1) is 24.6. The first-order valence-electron chi connectivity index (χ1n) is 11.4. The number of halogens is 3. The monoisotopic (exact) mass is 458 g/mol. The Bertz CT molecular complexity index is 1130. The molecule has 0 aliphatic heterocycles. The Morgan fingerprint density at radius 3 is 2.30 bits per heavy atom. The fourth-order valence-electron chi connectivity index (χ4n) is 4.06. The standard InChI is InChI=1S/C26H29F3N2O2/c1-5-7-19-14-21-24(33-31-25(21)26(27,28)29)20(8-6-2)23(19)32-22(15-30)18-11-9-17(10-12-18)13-16(3)4/h9-12,14,16,22H,5-8,13H2,1-4H3. The van der Waals surface area contributed by atoms with Gasteiger partial charge >= 0.3 is 6.18 Å². The summed E-state index contributed by atoms with van der Waals surface area (Å²) in [5.74, 6) is 0.941. The van der Waals surface area contributed by atoms with E-state index in [1.165, 1.54) is 11.6 Å². The average molecular weight is 459 g/mol. The van der Waals surface area contributed by atoms with Gasteiger partial charge in [0.25, 0.3) is 0 Å². The summed E-state index contributed by atoms with van der Waals surface area (Å²) >= 11 is 0. The van der Waals surface area contributed by atoms with Gasteiger partial charge in [-0.3, -0.25) is 0 Å². The Labute approximate surface area is 192 Å². The van der Waals surface area contributed by atoms with E-state index in [9.17, 15) is 18.4 Å². The van der Waals surface area contributed by atoms with Gasteiger partial charge in [-0.2, -0.15) is 18.4 Å². The molecule has 0 saturated heterocycles. The molecule has 176 valence electrons. The van der Waals surface area contributed by atoms with E-state index >= 15 is 0 Å². The van der Waals surface area contributed by atoms with E-state index < -0.39 is 18.0 Å². The molecule has 0 fully saturated rings. The topological polar surface area (TPSA) is 59.1 Å². The molecule has 0 aliphatic rings. The van der Waals surface area contributed by atoms with Crippen molar-refractivity contribution in [1.82, 2.24) is 5.16 Å². The smallest absolute Gasteiger partial charge is 0.437 e. The highest BCUT2D eigenvalue weighted by atomic mass is 19.4. The van der Waals surface area contributed by atoms with Crippen LogP contribution in [0.25, 0.3) is 11.0 Å². The molecular weight excluding hydrogens is 429 g/mol. The summed E-state index contributed by atoms with van der Waals surface area (Å²) in [6, 6.07) is 11.4. The van der Waals surface area contributed by atoms with Crippen molar-refractivity contribution in [3.63, 3.8) is 0 Å². The quantitative estimate of drug-likeness (QED) is 0.331. The van der Waals surface area contributed by atoms with Crippen LogP contribution in [0.3, 0.4) is 0 Å². The number of hydrogen-bond acceptors (Lipinski definition) is 4. The van der Waals surface area contributed by atoms with E-state index in [4.69, 9.17) is 9.26 Å². The lowest BCUT2D eigenvalue weighted by Crippen LogP contribution is -2.10. The third-order valence-corrected chi connectivity index (χ3v) is 5.45. The van der Waals surface area contributed by atoms with Crippen LogP contribution in [0.4, 0.5) is 13.2 Å². The van der Waals surface area contributed by atoms with Crippen molar-refractivity contribution in [2.75, 3.05) is 0 Å². The summed E-state index contributed by atoms with van der Waals surface area (Å²) < 4.78 is 51.8. The van der Waals surface area contributed by atoms with Crippen LogP contribution in [0.1, 0.15) is 74.6 Å². The second-order valence-corrected chi connectivity index (χ2v) is 8.72. The molecule has 1 heterocycles. The SMILES string of the molecule is CCCc1cc2c(C(F)(F)F)noc2c(CCC)c1OC(C#N)c1ccc(CC(C)C)cc1. The van der Waals surface area contributed by atoms with Crippen LogP contribution in [0, 0.1) is 17.2 Å². The Kier molecular flexibility index (Phi) is 7.68. The number of hydrogen-bond donors (Lipinski definition) is 0. The maximum Gasteiger partial charge on any atom is 0.437 e. The highest BCUT2D eigenvalue weighted by Crippen LogP contribution is 2.41. The lowest BCUT2D eigenvalue weighted by Gasteiger charge is -2.20. The minimum Gasteiger partial charge on any atom is -0.470 e. The number of benzene rings is 2. The molecule has 1 unspecified atom stereocenters. The zero-order chi connectivity index (χ0) is 24.2. The number of aryl methyl sites for hydroxylation is 2. The molecule has 0 bridgehead atoms. The molecule has 1 atom stereocenters. The predicted octanol–water partition coefficient (Wildman–Crippen LogP) is 7.59. The van der Waals surface area contributed by atoms with Crippen LogP contribution in [0.5, 0.6) is 5.75 Å². The van der Waals surface area contributed by atoms with Crippen molar-refractivity contribution in [1.29, 1.82) is 5.26 Å². The van der Waals surface area contributed by atoms with Gasteiger partial charge in [0, 0.05) is 11.1 Å². The van der Waals surface area contributed by atoms with Gasteiger partial charge in [0.1, 0.15) is 11.8 Å². The first-order chi connectivity index (χ1) is 15.7. The normalized spacial score (nSPS) is 12.8. The molecule has 0 N–H and O–H groups in total. The highest BCUT2D eigenvalue weighted by Gasteiger charge is 2.38. The van der Waals surface area contributed by atoms with Crippen molar-refractivity contribution in [3.05, 3.63) is 58.3 Å². The summed E-state index contributed by atoms with van der Waals surface area (Å²) in [7, 11) is 0. The zero-order valence-corrected chi connectivity index (χ0v) is 19.4. The maximum atomic E-state index is 13.5. The maximum absolute atomic E-state index is 13.5. The van der Waals surface area contributed by atoms with E-state index in [1.54, 1.807) is 0 Å². The molecule has 0 aliphatic carbocycles. The lowest BCUT2D eigenvalue weighted by atomic mass is 9.97. The zero-order valence-electron chi connectivity index (χ0n) is 19.4. The third-order valence-electron chi connectivity index (χ3n) is 5.45. The molecule has 4 nitrogen and oxygen atoms in total. The fourth-order valence-corrected chi connectivity index (χ4v) is 4.06. The molecular formula is C26H29F3N2O2. The first-order valence-corrected chi connectivity index (χ1v) is 11.4. The summed E-state index contributed by atoms with van der Waals surface area (Å²) in [4.78, 5) is 0. The van der Waals surface area contributed by atoms with Crippen LogP contribution in [-0.2, 0) is 25.4 Å². The van der Waals surface area contributed by atoms with Gasteiger partial charge in [-0.05, 0) is 42.4 Å². The summed E-state index contributed by atoms with van der Waals surface area (Å²) in [6.45, 7) is 8.16. The molecule has 0 spiro atoms. The number of rotatable bonds is 9. The van der Waals surface area contributed by atoms with E-state index in [0.717, 1.165) is 6.42 Å². The molecule has 33 heavy (non-hydrogen) atoms. The Hall–Kier alpha value is -3.01. The molecule has 3 rings (SSSR count). The number of aromatic nitrogens is 1. The van der Waals surface area contributed by atoms with Crippen LogP contribution < -0.4 is 4.74 Å². The van der Waals surface area contributed by atoms with Crippen LogP contribution in [0.2, 0.25) is 0 Å². The summed E-state index contributed by atoms with van der Waals surface area (Å²) in [5.41, 5.74) is 2.06. The van der Waals surface area contributed by atoms with E-state index in [1.807, 2.05) is 38.1 Å². The van der Waals surface area contributed by atoms with Gasteiger partial charge in [-0.15, -0.1) is 0 Å². The number of ether oxygens (including phenoxy) is 1. The van der Waals surface area contributed by atoms with E-state index in [-0.39, 0.29) is 11.0 Å².